The molecule has 1 unspecified atom stereocenters. The molecule has 0 spiro atoms. The molecule has 0 bridgehead atoms. The minimum Gasteiger partial charge on any atom is -0.457 e. The van der Waals surface area contributed by atoms with Gasteiger partial charge in [-0.25, -0.2) is 0 Å². The number of fused-ring (bicyclic) bond motifs is 2. The molecule has 4 aromatic rings. The van der Waals surface area contributed by atoms with Crippen molar-refractivity contribution >= 4 is 11.6 Å². The molecule has 1 N–H and O–H groups in total. The largest absolute Gasteiger partial charge is 0.457 e. The summed E-state index contributed by atoms with van der Waals surface area (Å²) in [7, 11) is 0. The van der Waals surface area contributed by atoms with Gasteiger partial charge in [0.25, 0.3) is 0 Å². The Balaban J connectivity index is 1.29. The Morgan fingerprint density at radius 3 is 2.49 bits per heavy atom. The first-order valence-electron chi connectivity index (χ1n) is 13.1. The van der Waals surface area contributed by atoms with Crippen molar-refractivity contribution in [3.63, 3.8) is 0 Å². The Kier molecular flexibility index (Phi) is 6.46. The van der Waals surface area contributed by atoms with E-state index >= 15 is 0 Å². The van der Waals surface area contributed by atoms with Crippen LogP contribution in [-0.4, -0.2) is 28.9 Å². The average molecular weight is 490 g/mol. The number of hydrogen-bond acceptors (Lipinski definition) is 4. The molecule has 2 aliphatic heterocycles. The predicted molar refractivity (Wildman–Crippen MR) is 147 cm³/mol. The molecule has 0 radical (unpaired) electrons. The van der Waals surface area contributed by atoms with E-state index in [1.54, 1.807) is 0 Å². The van der Waals surface area contributed by atoms with Crippen LogP contribution < -0.4 is 10.1 Å². The molecule has 1 fully saturated rings. The van der Waals surface area contributed by atoms with Crippen LogP contribution in [0.15, 0.2) is 91.1 Å². The average Bonchev–Trinajstić information content (AvgIpc) is 2.92. The lowest BCUT2D eigenvalue weighted by atomic mass is 9.74. The second kappa shape index (κ2) is 10.2. The molecule has 1 aromatic heterocycles. The Morgan fingerprint density at radius 2 is 1.68 bits per heavy atom. The van der Waals surface area contributed by atoms with Gasteiger partial charge >= 0.3 is 0 Å². The van der Waals surface area contributed by atoms with Crippen LogP contribution >= 0.6 is 0 Å². The van der Waals surface area contributed by atoms with Crippen molar-refractivity contribution in [1.82, 2.24) is 9.88 Å². The van der Waals surface area contributed by atoms with E-state index in [-0.39, 0.29) is 5.91 Å². The number of piperidine rings is 1. The Hall–Kier alpha value is -3.96. The van der Waals surface area contributed by atoms with Crippen molar-refractivity contribution in [2.24, 2.45) is 5.92 Å². The van der Waals surface area contributed by atoms with Crippen LogP contribution in [-0.2, 0) is 11.3 Å². The fraction of sp³-hybridized carbons (Fsp3) is 0.250. The fourth-order valence-corrected chi connectivity index (χ4v) is 5.87. The van der Waals surface area contributed by atoms with Gasteiger partial charge in [0.15, 0.2) is 0 Å². The molecule has 0 saturated carbocycles. The molecule has 37 heavy (non-hydrogen) atoms. The first kappa shape index (κ1) is 23.4. The number of para-hydroxylation sites is 2. The minimum absolute atomic E-state index is 0.0787. The van der Waals surface area contributed by atoms with Crippen molar-refractivity contribution in [3.05, 3.63) is 108 Å². The van der Waals surface area contributed by atoms with Crippen molar-refractivity contribution in [2.45, 2.75) is 32.2 Å². The summed E-state index contributed by atoms with van der Waals surface area (Å²) in [6, 6.07) is 29.1. The van der Waals surface area contributed by atoms with Gasteiger partial charge in [0.1, 0.15) is 11.5 Å². The van der Waals surface area contributed by atoms with Crippen LogP contribution in [0.3, 0.4) is 0 Å². The minimum atomic E-state index is -0.0787. The fourth-order valence-electron chi connectivity index (χ4n) is 5.87. The standard InChI is InChI=1S/C32H31N3O2/c1-22(36)34-29-11-4-2-9-26(29)24-13-14-28-31(20-24)37-30-12-5-3-10-27(30)32(28)23-15-18-35(19-16-23)21-25-8-6-7-17-33-25/h2-14,17,20,23,32H,15-16,18-19,21H2,1H3,(H,34,36). The molecule has 1 atom stereocenters. The highest BCUT2D eigenvalue weighted by Gasteiger charge is 2.35. The molecule has 5 heteroatoms. The third-order valence-electron chi connectivity index (χ3n) is 7.59. The number of rotatable bonds is 5. The van der Waals surface area contributed by atoms with Gasteiger partial charge in [-0.3, -0.25) is 14.7 Å². The maximum atomic E-state index is 11.8. The van der Waals surface area contributed by atoms with Gasteiger partial charge in [0.05, 0.1) is 5.69 Å². The third kappa shape index (κ3) is 4.87. The highest BCUT2D eigenvalue weighted by Crippen LogP contribution is 2.50. The van der Waals surface area contributed by atoms with Crippen LogP contribution in [0.4, 0.5) is 5.69 Å². The monoisotopic (exact) mass is 489 g/mol. The molecule has 0 aliphatic carbocycles. The zero-order valence-electron chi connectivity index (χ0n) is 21.1. The number of benzene rings is 3. The summed E-state index contributed by atoms with van der Waals surface area (Å²) in [6.07, 6.45) is 4.15. The van der Waals surface area contributed by atoms with Gasteiger partial charge < -0.3 is 10.1 Å². The van der Waals surface area contributed by atoms with Crippen LogP contribution in [0.1, 0.15) is 42.5 Å². The number of nitrogens with one attached hydrogen (secondary N) is 1. The number of likely N-dealkylation sites (tertiary alicyclic amines) is 1. The maximum Gasteiger partial charge on any atom is 0.221 e. The summed E-state index contributed by atoms with van der Waals surface area (Å²) in [4.78, 5) is 18.8. The topological polar surface area (TPSA) is 54.5 Å². The van der Waals surface area contributed by atoms with Crippen molar-refractivity contribution in [1.29, 1.82) is 0 Å². The van der Waals surface area contributed by atoms with Crippen LogP contribution in [0.2, 0.25) is 0 Å². The van der Waals surface area contributed by atoms with Gasteiger partial charge in [-0.05, 0) is 67.7 Å². The van der Waals surface area contributed by atoms with Gasteiger partial charge in [0, 0.05) is 48.0 Å². The number of nitrogens with zero attached hydrogens (tertiary/aromatic N) is 2. The van der Waals surface area contributed by atoms with E-state index in [1.165, 1.54) is 18.1 Å². The number of carbonyl (C=O) groups excluding carboxylic acids is 1. The van der Waals surface area contributed by atoms with Crippen LogP contribution in [0.25, 0.3) is 11.1 Å². The lowest BCUT2D eigenvalue weighted by molar-refractivity contribution is -0.114. The van der Waals surface area contributed by atoms with Gasteiger partial charge in [-0.1, -0.05) is 54.6 Å². The summed E-state index contributed by atoms with van der Waals surface area (Å²) in [5.74, 6) is 2.63. The number of ether oxygens (including phenoxy) is 1. The zero-order valence-corrected chi connectivity index (χ0v) is 21.1. The molecule has 186 valence electrons. The maximum absolute atomic E-state index is 11.8. The summed E-state index contributed by atoms with van der Waals surface area (Å²) >= 11 is 0. The molecule has 2 aliphatic rings. The predicted octanol–water partition coefficient (Wildman–Crippen LogP) is 6.86. The number of amides is 1. The lowest BCUT2D eigenvalue weighted by Crippen LogP contribution is -2.36. The smallest absolute Gasteiger partial charge is 0.221 e. The quantitative estimate of drug-likeness (QED) is 0.333. The molecule has 1 amide bonds. The molecule has 3 heterocycles. The van der Waals surface area contributed by atoms with E-state index in [1.807, 2.05) is 42.6 Å². The van der Waals surface area contributed by atoms with Crippen LogP contribution in [0.5, 0.6) is 11.5 Å². The SMILES string of the molecule is CC(=O)Nc1ccccc1-c1ccc2c(c1)Oc1ccccc1C2C1CCN(Cc2ccccn2)CC1. The number of anilines is 1. The van der Waals surface area contributed by atoms with E-state index in [4.69, 9.17) is 4.74 Å². The molecule has 3 aromatic carbocycles. The van der Waals surface area contributed by atoms with E-state index in [0.29, 0.717) is 11.8 Å². The number of hydrogen-bond donors (Lipinski definition) is 1. The van der Waals surface area contributed by atoms with Crippen LogP contribution in [0, 0.1) is 5.92 Å². The Bertz CT molecular complexity index is 1410. The second-order valence-corrected chi connectivity index (χ2v) is 10.0. The zero-order chi connectivity index (χ0) is 25.2. The molecule has 1 saturated heterocycles. The van der Waals surface area contributed by atoms with E-state index in [9.17, 15) is 4.79 Å². The Morgan fingerprint density at radius 1 is 0.919 bits per heavy atom. The summed E-state index contributed by atoms with van der Waals surface area (Å²) in [5.41, 5.74) is 6.50. The van der Waals surface area contributed by atoms with Crippen molar-refractivity contribution in [3.8, 4) is 22.6 Å². The van der Waals surface area contributed by atoms with Gasteiger partial charge in [0.2, 0.25) is 5.91 Å². The van der Waals surface area contributed by atoms with Crippen molar-refractivity contribution < 1.29 is 9.53 Å². The highest BCUT2D eigenvalue weighted by atomic mass is 16.5. The Labute approximate surface area is 218 Å². The van der Waals surface area contributed by atoms with E-state index in [0.717, 1.165) is 66.5 Å². The first-order chi connectivity index (χ1) is 18.2. The highest BCUT2D eigenvalue weighted by molar-refractivity contribution is 5.94. The van der Waals surface area contributed by atoms with Gasteiger partial charge in [-0.2, -0.15) is 0 Å². The molecular weight excluding hydrogens is 458 g/mol. The van der Waals surface area contributed by atoms with Gasteiger partial charge in [-0.15, -0.1) is 0 Å². The number of aromatic nitrogens is 1. The lowest BCUT2D eigenvalue weighted by Gasteiger charge is -2.39. The summed E-state index contributed by atoms with van der Waals surface area (Å²) < 4.78 is 6.48. The summed E-state index contributed by atoms with van der Waals surface area (Å²) in [5, 5.41) is 2.96. The van der Waals surface area contributed by atoms with Crippen molar-refractivity contribution in [2.75, 3.05) is 18.4 Å². The first-order valence-corrected chi connectivity index (χ1v) is 13.1. The molecular formula is C32H31N3O2. The molecule has 5 nitrogen and oxygen atoms in total. The van der Waals surface area contributed by atoms with E-state index in [2.05, 4.69) is 63.7 Å². The molecule has 6 rings (SSSR count). The normalized spacial score (nSPS) is 17.4. The number of carbonyl (C=O) groups is 1. The van der Waals surface area contributed by atoms with E-state index < -0.39 is 0 Å². The third-order valence-corrected chi connectivity index (χ3v) is 7.59. The second-order valence-electron chi connectivity index (χ2n) is 10.0. The summed E-state index contributed by atoms with van der Waals surface area (Å²) in [6.45, 7) is 4.58. The number of pyridine rings is 1.